The Bertz CT molecular complexity index is 555. The molecule has 0 bridgehead atoms. The third-order valence-electron chi connectivity index (χ3n) is 3.81. The first-order chi connectivity index (χ1) is 9.26. The van der Waals surface area contributed by atoms with Crippen LogP contribution in [0.25, 0.3) is 0 Å². The maximum atomic E-state index is 12.7. The number of benzene rings is 1. The molecule has 20 heavy (non-hydrogen) atoms. The van der Waals surface area contributed by atoms with Crippen molar-refractivity contribution in [2.75, 3.05) is 19.6 Å². The molecule has 0 saturated carbocycles. The normalized spacial score (nSPS) is 17.2. The molecule has 0 spiro atoms. The monoisotopic (exact) mass is 296 g/mol. The molecule has 1 aromatic rings. The second-order valence-electron chi connectivity index (χ2n) is 6.29. The summed E-state index contributed by atoms with van der Waals surface area (Å²) in [6, 6.07) is 7.38. The largest absolute Gasteiger partial charge is 0.313 e. The van der Waals surface area contributed by atoms with Crippen molar-refractivity contribution in [3.05, 3.63) is 29.8 Å². The molecule has 1 aromatic carbocycles. The first kappa shape index (κ1) is 15.5. The second-order valence-corrected chi connectivity index (χ2v) is 8.19. The molecule has 1 N–H and O–H groups in total. The predicted octanol–water partition coefficient (Wildman–Crippen LogP) is 1.97. The van der Waals surface area contributed by atoms with Gasteiger partial charge in [0.1, 0.15) is 0 Å². The molecule has 0 unspecified atom stereocenters. The number of nitrogens with one attached hydrogen (secondary N) is 1. The molecule has 0 aliphatic carbocycles. The third-order valence-corrected chi connectivity index (χ3v) is 5.85. The Balaban J connectivity index is 2.29. The predicted molar refractivity (Wildman–Crippen MR) is 81.4 cm³/mol. The van der Waals surface area contributed by atoms with E-state index in [-0.39, 0.29) is 11.5 Å². The molecule has 5 heteroatoms. The van der Waals surface area contributed by atoms with Gasteiger partial charge in [-0.05, 0) is 23.1 Å². The molecule has 112 valence electrons. The van der Waals surface area contributed by atoms with Gasteiger partial charge in [0.15, 0.2) is 0 Å². The lowest BCUT2D eigenvalue weighted by atomic mass is 9.87. The highest BCUT2D eigenvalue weighted by molar-refractivity contribution is 7.89. The standard InChI is InChI=1S/C15H24N2O2S/c1-5-17(13-10-16-11-13)20(18,19)14-8-6-12(7-9-14)15(2,3)4/h6-9,13,16H,5,10-11H2,1-4H3. The zero-order chi connectivity index (χ0) is 15.0. The Morgan fingerprint density at radius 1 is 1.20 bits per heavy atom. The van der Waals surface area contributed by atoms with Crippen LogP contribution < -0.4 is 5.32 Å². The number of sulfonamides is 1. The fourth-order valence-electron chi connectivity index (χ4n) is 2.36. The minimum absolute atomic E-state index is 0.0324. The summed E-state index contributed by atoms with van der Waals surface area (Å²) in [6.07, 6.45) is 0. The lowest BCUT2D eigenvalue weighted by molar-refractivity contribution is 0.249. The van der Waals surface area contributed by atoms with Crippen LogP contribution in [0.1, 0.15) is 33.3 Å². The van der Waals surface area contributed by atoms with Crippen molar-refractivity contribution in [2.24, 2.45) is 0 Å². The van der Waals surface area contributed by atoms with E-state index in [2.05, 4.69) is 26.1 Å². The molecule has 1 fully saturated rings. The number of hydrogen-bond donors (Lipinski definition) is 1. The lowest BCUT2D eigenvalue weighted by Crippen LogP contribution is -2.58. The van der Waals surface area contributed by atoms with E-state index < -0.39 is 10.0 Å². The van der Waals surface area contributed by atoms with Crippen LogP contribution in [0, 0.1) is 0 Å². The SMILES string of the molecule is CCN(C1CNC1)S(=O)(=O)c1ccc(C(C)(C)C)cc1. The highest BCUT2D eigenvalue weighted by atomic mass is 32.2. The number of nitrogens with zero attached hydrogens (tertiary/aromatic N) is 1. The summed E-state index contributed by atoms with van der Waals surface area (Å²) in [5.41, 5.74) is 1.18. The van der Waals surface area contributed by atoms with Crippen molar-refractivity contribution in [1.82, 2.24) is 9.62 Å². The smallest absolute Gasteiger partial charge is 0.243 e. The van der Waals surface area contributed by atoms with Gasteiger partial charge >= 0.3 is 0 Å². The van der Waals surface area contributed by atoms with Gasteiger partial charge in [0.2, 0.25) is 10.0 Å². The lowest BCUT2D eigenvalue weighted by Gasteiger charge is -2.36. The van der Waals surface area contributed by atoms with E-state index >= 15 is 0 Å². The van der Waals surface area contributed by atoms with Gasteiger partial charge in [-0.1, -0.05) is 39.8 Å². The summed E-state index contributed by atoms with van der Waals surface area (Å²) in [4.78, 5) is 0.388. The zero-order valence-electron chi connectivity index (χ0n) is 12.7. The van der Waals surface area contributed by atoms with Crippen molar-refractivity contribution in [1.29, 1.82) is 0 Å². The van der Waals surface area contributed by atoms with Crippen molar-refractivity contribution in [2.45, 2.75) is 44.0 Å². The summed E-state index contributed by atoms with van der Waals surface area (Å²) in [7, 11) is -3.38. The Kier molecular flexibility index (Phi) is 4.23. The van der Waals surface area contributed by atoms with E-state index in [0.29, 0.717) is 11.4 Å². The molecule has 0 amide bonds. The van der Waals surface area contributed by atoms with Gasteiger partial charge in [0.05, 0.1) is 4.90 Å². The van der Waals surface area contributed by atoms with Crippen LogP contribution in [0.2, 0.25) is 0 Å². The quantitative estimate of drug-likeness (QED) is 0.924. The number of hydrogen-bond acceptors (Lipinski definition) is 3. The molecule has 1 saturated heterocycles. The van der Waals surface area contributed by atoms with Crippen LogP contribution in [-0.4, -0.2) is 38.4 Å². The second kappa shape index (κ2) is 5.47. The van der Waals surface area contributed by atoms with Gasteiger partial charge in [0, 0.05) is 25.7 Å². The highest BCUT2D eigenvalue weighted by Gasteiger charge is 2.33. The molecule has 2 rings (SSSR count). The zero-order valence-corrected chi connectivity index (χ0v) is 13.5. The molecule has 4 nitrogen and oxygen atoms in total. The summed E-state index contributed by atoms with van der Waals surface area (Å²) in [5, 5.41) is 3.12. The Hall–Kier alpha value is -0.910. The van der Waals surface area contributed by atoms with Crippen LogP contribution >= 0.6 is 0 Å². The Morgan fingerprint density at radius 2 is 1.75 bits per heavy atom. The molecule has 1 aliphatic heterocycles. The van der Waals surface area contributed by atoms with Crippen LogP contribution in [0.15, 0.2) is 29.2 Å². The minimum Gasteiger partial charge on any atom is -0.313 e. The van der Waals surface area contributed by atoms with E-state index in [1.54, 1.807) is 16.4 Å². The number of likely N-dealkylation sites (N-methyl/N-ethyl adjacent to an activating group) is 1. The summed E-state index contributed by atoms with van der Waals surface area (Å²) >= 11 is 0. The van der Waals surface area contributed by atoms with Crippen LogP contribution in [0.4, 0.5) is 0 Å². The molecular weight excluding hydrogens is 272 g/mol. The van der Waals surface area contributed by atoms with Gasteiger partial charge in [-0.2, -0.15) is 4.31 Å². The molecule has 1 heterocycles. The first-order valence-electron chi connectivity index (χ1n) is 7.10. The van der Waals surface area contributed by atoms with E-state index in [0.717, 1.165) is 18.7 Å². The van der Waals surface area contributed by atoms with Crippen molar-refractivity contribution in [3.63, 3.8) is 0 Å². The molecule has 0 atom stereocenters. The van der Waals surface area contributed by atoms with E-state index in [9.17, 15) is 8.42 Å². The van der Waals surface area contributed by atoms with Gasteiger partial charge in [-0.15, -0.1) is 0 Å². The van der Waals surface area contributed by atoms with Gasteiger partial charge in [0.25, 0.3) is 0 Å². The topological polar surface area (TPSA) is 49.4 Å². The molecule has 1 aliphatic rings. The number of rotatable bonds is 4. The van der Waals surface area contributed by atoms with Crippen molar-refractivity contribution < 1.29 is 8.42 Å². The van der Waals surface area contributed by atoms with Crippen LogP contribution in [0.3, 0.4) is 0 Å². The average molecular weight is 296 g/mol. The van der Waals surface area contributed by atoms with Gasteiger partial charge in [-0.25, -0.2) is 8.42 Å². The van der Waals surface area contributed by atoms with Crippen LogP contribution in [0.5, 0.6) is 0 Å². The summed E-state index contributed by atoms with van der Waals surface area (Å²) in [5.74, 6) is 0. The summed E-state index contributed by atoms with van der Waals surface area (Å²) in [6.45, 7) is 10.2. The Labute approximate surface area is 122 Å². The van der Waals surface area contributed by atoms with Crippen LogP contribution in [-0.2, 0) is 15.4 Å². The fourth-order valence-corrected chi connectivity index (χ4v) is 4.00. The van der Waals surface area contributed by atoms with Crippen molar-refractivity contribution in [3.8, 4) is 0 Å². The maximum absolute atomic E-state index is 12.7. The maximum Gasteiger partial charge on any atom is 0.243 e. The third kappa shape index (κ3) is 2.90. The first-order valence-corrected chi connectivity index (χ1v) is 8.54. The van der Waals surface area contributed by atoms with E-state index in [1.807, 2.05) is 19.1 Å². The van der Waals surface area contributed by atoms with Gasteiger partial charge < -0.3 is 5.32 Å². The fraction of sp³-hybridized carbons (Fsp3) is 0.600. The molecular formula is C15H24N2O2S. The molecule has 0 radical (unpaired) electrons. The highest BCUT2D eigenvalue weighted by Crippen LogP contribution is 2.25. The average Bonchev–Trinajstić information content (AvgIpc) is 2.32. The van der Waals surface area contributed by atoms with Crippen molar-refractivity contribution >= 4 is 10.0 Å². The molecule has 0 aromatic heterocycles. The van der Waals surface area contributed by atoms with E-state index in [4.69, 9.17) is 0 Å². The minimum atomic E-state index is -3.38. The van der Waals surface area contributed by atoms with E-state index in [1.165, 1.54) is 0 Å². The summed E-state index contributed by atoms with van der Waals surface area (Å²) < 4.78 is 26.9. The van der Waals surface area contributed by atoms with Gasteiger partial charge in [-0.3, -0.25) is 0 Å². The Morgan fingerprint density at radius 3 is 2.10 bits per heavy atom.